The fraction of sp³-hybridized carbons (Fsp3) is 0.917. The molecule has 0 spiro atoms. The Labute approximate surface area is 98.6 Å². The normalized spacial score (nSPS) is 18.6. The number of carbonyl (C=O) groups excluding carboxylic acids is 1. The maximum atomic E-state index is 11.7. The highest BCUT2D eigenvalue weighted by Gasteiger charge is 2.28. The lowest BCUT2D eigenvalue weighted by Crippen LogP contribution is -2.49. The summed E-state index contributed by atoms with van der Waals surface area (Å²) in [7, 11) is 2.10. The fourth-order valence-electron chi connectivity index (χ4n) is 1.56. The van der Waals surface area contributed by atoms with Crippen LogP contribution in [0, 0.1) is 5.41 Å². The number of nitrogens with one attached hydrogen (secondary N) is 1. The summed E-state index contributed by atoms with van der Waals surface area (Å²) < 4.78 is 0. The molecule has 0 radical (unpaired) electrons. The molecular weight excluding hydrogens is 202 g/mol. The van der Waals surface area contributed by atoms with Crippen LogP contribution in [0.3, 0.4) is 0 Å². The van der Waals surface area contributed by atoms with Gasteiger partial charge >= 0.3 is 0 Å². The summed E-state index contributed by atoms with van der Waals surface area (Å²) in [5, 5.41) is 2.90. The van der Waals surface area contributed by atoms with Gasteiger partial charge in [-0.05, 0) is 25.3 Å². The summed E-state index contributed by atoms with van der Waals surface area (Å²) in [4.78, 5) is 14.0. The minimum absolute atomic E-state index is 0.0447. The number of nitrogens with two attached hydrogens (primary N) is 1. The van der Waals surface area contributed by atoms with Crippen LogP contribution in [-0.2, 0) is 4.79 Å². The molecule has 1 amide bonds. The zero-order valence-corrected chi connectivity index (χ0v) is 10.9. The van der Waals surface area contributed by atoms with E-state index in [2.05, 4.69) is 17.3 Å². The highest BCUT2D eigenvalue weighted by molar-refractivity contribution is 5.82. The zero-order chi connectivity index (χ0) is 12.3. The average Bonchev–Trinajstić information content (AvgIpc) is 2.97. The van der Waals surface area contributed by atoms with Crippen LogP contribution in [0.1, 0.15) is 33.6 Å². The molecule has 94 valence electrons. The SMILES string of the molecule is CN(CCNC(=O)[C@@H](N)C(C)(C)C)C1CC1. The third kappa shape index (κ3) is 4.10. The van der Waals surface area contributed by atoms with Crippen molar-refractivity contribution in [1.29, 1.82) is 0 Å². The summed E-state index contributed by atoms with van der Waals surface area (Å²) in [5.41, 5.74) is 5.68. The van der Waals surface area contributed by atoms with Crippen molar-refractivity contribution in [1.82, 2.24) is 10.2 Å². The number of hydrogen-bond acceptors (Lipinski definition) is 3. The van der Waals surface area contributed by atoms with Gasteiger partial charge in [-0.1, -0.05) is 20.8 Å². The van der Waals surface area contributed by atoms with Crippen molar-refractivity contribution < 1.29 is 4.79 Å². The topological polar surface area (TPSA) is 58.4 Å². The average molecular weight is 227 g/mol. The van der Waals surface area contributed by atoms with E-state index in [-0.39, 0.29) is 11.3 Å². The number of amides is 1. The van der Waals surface area contributed by atoms with Crippen molar-refractivity contribution in [2.75, 3.05) is 20.1 Å². The smallest absolute Gasteiger partial charge is 0.237 e. The van der Waals surface area contributed by atoms with Gasteiger partial charge in [0.1, 0.15) is 0 Å². The molecule has 1 aliphatic carbocycles. The summed E-state index contributed by atoms with van der Waals surface area (Å²) in [6.07, 6.45) is 2.60. The van der Waals surface area contributed by atoms with Crippen molar-refractivity contribution in [3.63, 3.8) is 0 Å². The molecule has 3 N–H and O–H groups in total. The van der Waals surface area contributed by atoms with Crippen LogP contribution in [0.2, 0.25) is 0 Å². The Bertz CT molecular complexity index is 243. The first-order chi connectivity index (χ1) is 7.32. The van der Waals surface area contributed by atoms with Crippen LogP contribution in [0.4, 0.5) is 0 Å². The predicted molar refractivity (Wildman–Crippen MR) is 66.1 cm³/mol. The maximum Gasteiger partial charge on any atom is 0.237 e. The molecule has 0 saturated heterocycles. The largest absolute Gasteiger partial charge is 0.353 e. The van der Waals surface area contributed by atoms with Gasteiger partial charge in [0.05, 0.1) is 6.04 Å². The van der Waals surface area contributed by atoms with Crippen molar-refractivity contribution in [3.05, 3.63) is 0 Å². The maximum absolute atomic E-state index is 11.7. The van der Waals surface area contributed by atoms with Gasteiger partial charge in [0, 0.05) is 19.1 Å². The third-order valence-corrected chi connectivity index (χ3v) is 3.15. The molecule has 0 bridgehead atoms. The van der Waals surface area contributed by atoms with Crippen LogP contribution in [-0.4, -0.2) is 43.0 Å². The van der Waals surface area contributed by atoms with E-state index >= 15 is 0 Å². The Hall–Kier alpha value is -0.610. The second-order valence-corrected chi connectivity index (χ2v) is 5.85. The van der Waals surface area contributed by atoms with Crippen molar-refractivity contribution in [2.24, 2.45) is 11.1 Å². The van der Waals surface area contributed by atoms with Crippen LogP contribution in [0.25, 0.3) is 0 Å². The minimum Gasteiger partial charge on any atom is -0.353 e. The van der Waals surface area contributed by atoms with E-state index in [1.807, 2.05) is 20.8 Å². The standard InChI is InChI=1S/C12H25N3O/c1-12(2,3)10(13)11(16)14-7-8-15(4)9-5-6-9/h9-10H,5-8,13H2,1-4H3,(H,14,16)/t10-/m1/s1. The van der Waals surface area contributed by atoms with E-state index in [0.29, 0.717) is 6.54 Å². The van der Waals surface area contributed by atoms with Crippen LogP contribution >= 0.6 is 0 Å². The van der Waals surface area contributed by atoms with Gasteiger partial charge in [-0.2, -0.15) is 0 Å². The van der Waals surface area contributed by atoms with Crippen LogP contribution in [0.15, 0.2) is 0 Å². The number of rotatable bonds is 5. The molecule has 0 aromatic rings. The minimum atomic E-state index is -0.432. The van der Waals surface area contributed by atoms with Gasteiger partial charge in [-0.15, -0.1) is 0 Å². The van der Waals surface area contributed by atoms with Crippen molar-refractivity contribution in [2.45, 2.75) is 45.7 Å². The summed E-state index contributed by atoms with van der Waals surface area (Å²) in [6, 6.07) is 0.312. The Morgan fingerprint density at radius 3 is 2.50 bits per heavy atom. The van der Waals surface area contributed by atoms with E-state index in [4.69, 9.17) is 5.73 Å². The number of hydrogen-bond donors (Lipinski definition) is 2. The van der Waals surface area contributed by atoms with Gasteiger partial charge in [-0.3, -0.25) is 4.79 Å². The summed E-state index contributed by atoms with van der Waals surface area (Å²) in [6.45, 7) is 7.54. The molecule has 1 fully saturated rings. The highest BCUT2D eigenvalue weighted by Crippen LogP contribution is 2.24. The number of carbonyl (C=O) groups is 1. The molecule has 1 aliphatic rings. The molecule has 0 heterocycles. The first-order valence-electron chi connectivity index (χ1n) is 6.06. The molecule has 0 unspecified atom stereocenters. The number of likely N-dealkylation sites (N-methyl/N-ethyl adjacent to an activating group) is 1. The van der Waals surface area contributed by atoms with Crippen molar-refractivity contribution in [3.8, 4) is 0 Å². The summed E-state index contributed by atoms with van der Waals surface area (Å²) in [5.74, 6) is -0.0447. The highest BCUT2D eigenvalue weighted by atomic mass is 16.2. The molecule has 1 atom stereocenters. The van der Waals surface area contributed by atoms with Crippen molar-refractivity contribution >= 4 is 5.91 Å². The second kappa shape index (κ2) is 5.15. The monoisotopic (exact) mass is 227 g/mol. The Morgan fingerprint density at radius 1 is 1.50 bits per heavy atom. The Balaban J connectivity index is 2.19. The lowest BCUT2D eigenvalue weighted by atomic mass is 9.87. The first kappa shape index (κ1) is 13.5. The van der Waals surface area contributed by atoms with Gasteiger partial charge in [0.2, 0.25) is 5.91 Å². The lowest BCUT2D eigenvalue weighted by Gasteiger charge is -2.26. The van der Waals surface area contributed by atoms with Gasteiger partial charge in [-0.25, -0.2) is 0 Å². The van der Waals surface area contributed by atoms with Gasteiger partial charge in [0.25, 0.3) is 0 Å². The molecule has 0 aromatic heterocycles. The van der Waals surface area contributed by atoms with E-state index in [9.17, 15) is 4.79 Å². The van der Waals surface area contributed by atoms with E-state index in [1.165, 1.54) is 12.8 Å². The van der Waals surface area contributed by atoms with Crippen LogP contribution in [0.5, 0.6) is 0 Å². The molecule has 0 aromatic carbocycles. The molecule has 4 nitrogen and oxygen atoms in total. The molecule has 16 heavy (non-hydrogen) atoms. The number of nitrogens with zero attached hydrogens (tertiary/aromatic N) is 1. The first-order valence-corrected chi connectivity index (χ1v) is 6.06. The fourth-order valence-corrected chi connectivity index (χ4v) is 1.56. The Kier molecular flexibility index (Phi) is 4.33. The Morgan fingerprint density at radius 2 is 2.06 bits per heavy atom. The molecule has 4 heteroatoms. The van der Waals surface area contributed by atoms with Gasteiger partial charge < -0.3 is 16.0 Å². The molecular formula is C12H25N3O. The molecule has 1 saturated carbocycles. The van der Waals surface area contributed by atoms with Crippen LogP contribution < -0.4 is 11.1 Å². The quantitative estimate of drug-likeness (QED) is 0.722. The zero-order valence-electron chi connectivity index (χ0n) is 10.9. The molecule has 0 aliphatic heterocycles. The third-order valence-electron chi connectivity index (χ3n) is 3.15. The second-order valence-electron chi connectivity index (χ2n) is 5.85. The predicted octanol–water partition coefficient (Wildman–Crippen LogP) is 0.570. The lowest BCUT2D eigenvalue weighted by molar-refractivity contribution is -0.124. The van der Waals surface area contributed by atoms with E-state index in [1.54, 1.807) is 0 Å². The summed E-state index contributed by atoms with van der Waals surface area (Å²) >= 11 is 0. The van der Waals surface area contributed by atoms with E-state index < -0.39 is 6.04 Å². The molecule has 1 rings (SSSR count). The van der Waals surface area contributed by atoms with Gasteiger partial charge in [0.15, 0.2) is 0 Å². The van der Waals surface area contributed by atoms with E-state index in [0.717, 1.165) is 12.6 Å².